The van der Waals surface area contributed by atoms with Crippen LogP contribution in [0.3, 0.4) is 0 Å². The minimum Gasteiger partial charge on any atom is -0.480 e. The van der Waals surface area contributed by atoms with Gasteiger partial charge in [0.2, 0.25) is 5.88 Å². The molecule has 1 unspecified atom stereocenters. The molecule has 9 nitrogen and oxygen atoms in total. The Balaban J connectivity index is 1.95. The fourth-order valence-corrected chi connectivity index (χ4v) is 4.54. The van der Waals surface area contributed by atoms with E-state index in [4.69, 9.17) is 16.3 Å². The van der Waals surface area contributed by atoms with Crippen molar-refractivity contribution in [3.05, 3.63) is 75.3 Å². The van der Waals surface area contributed by atoms with E-state index in [1.165, 1.54) is 18.0 Å². The van der Waals surface area contributed by atoms with E-state index in [1.807, 2.05) is 6.92 Å². The van der Waals surface area contributed by atoms with Crippen LogP contribution in [0.1, 0.15) is 45.5 Å². The number of hydrogen-bond donors (Lipinski definition) is 2. The smallest absolute Gasteiger partial charge is 0.262 e. The van der Waals surface area contributed by atoms with Gasteiger partial charge in [0.1, 0.15) is 5.56 Å². The number of alkyl halides is 2. The van der Waals surface area contributed by atoms with Gasteiger partial charge in [-0.05, 0) is 37.6 Å². The van der Waals surface area contributed by atoms with Gasteiger partial charge in [0.15, 0.2) is 5.60 Å². The first kappa shape index (κ1) is 26.4. The van der Waals surface area contributed by atoms with Crippen LogP contribution in [0.25, 0.3) is 10.9 Å². The van der Waals surface area contributed by atoms with E-state index in [-0.39, 0.29) is 16.5 Å². The van der Waals surface area contributed by atoms with Crippen LogP contribution < -0.4 is 10.1 Å². The van der Waals surface area contributed by atoms with Crippen LogP contribution in [-0.2, 0) is 12.6 Å². The lowest BCUT2D eigenvalue weighted by Crippen LogP contribution is -2.35. The number of pyridine rings is 2. The van der Waals surface area contributed by atoms with Gasteiger partial charge in [0.25, 0.3) is 11.8 Å². The van der Waals surface area contributed by atoms with E-state index in [2.05, 4.69) is 25.6 Å². The van der Waals surface area contributed by atoms with Crippen LogP contribution in [0.15, 0.2) is 36.5 Å². The highest BCUT2D eigenvalue weighted by molar-refractivity contribution is 6.38. The Labute approximate surface area is 216 Å². The van der Waals surface area contributed by atoms with Crippen molar-refractivity contribution in [3.63, 3.8) is 0 Å². The summed E-state index contributed by atoms with van der Waals surface area (Å²) in [4.78, 5) is 21.7. The summed E-state index contributed by atoms with van der Waals surface area (Å²) in [6.07, 6.45) is 1.45. The maximum atomic E-state index is 13.4. The quantitative estimate of drug-likeness (QED) is 0.374. The Kier molecular flexibility index (Phi) is 6.87. The lowest BCUT2D eigenvalue weighted by atomic mass is 9.82. The van der Waals surface area contributed by atoms with Crippen molar-refractivity contribution in [1.82, 2.24) is 30.3 Å². The molecule has 1 amide bonds. The van der Waals surface area contributed by atoms with Crippen LogP contribution in [0.5, 0.6) is 5.88 Å². The van der Waals surface area contributed by atoms with E-state index in [0.29, 0.717) is 40.3 Å². The van der Waals surface area contributed by atoms with Crippen molar-refractivity contribution >= 4 is 28.4 Å². The molecular weight excluding hydrogens is 506 g/mol. The third kappa shape index (κ3) is 4.84. The number of benzene rings is 1. The molecule has 37 heavy (non-hydrogen) atoms. The molecule has 3 aromatic heterocycles. The number of amides is 1. The molecule has 0 bridgehead atoms. The minimum atomic E-state index is -3.12. The van der Waals surface area contributed by atoms with Gasteiger partial charge in [0, 0.05) is 36.3 Å². The highest BCUT2D eigenvalue weighted by Crippen LogP contribution is 2.40. The number of hydrogen-bond acceptors (Lipinski definition) is 7. The number of nitrogens with one attached hydrogen (secondary N) is 1. The second-order valence-corrected chi connectivity index (χ2v) is 9.21. The number of aliphatic hydroxyl groups is 1. The Morgan fingerprint density at radius 2 is 1.95 bits per heavy atom. The Morgan fingerprint density at radius 1 is 1.22 bits per heavy atom. The standard InChI is InChI=1S/C25H25ClF2N6O3/c1-13-6-8-17(14(2)31-13)25(36,19-11-30-33-34(19)4)15-7-9-18-16(10-15)21(26)20(23(32-18)37-5)22(35)29-12-24(3,27)28/h6-11,36H,12H2,1-5H3,(H,29,35). The van der Waals surface area contributed by atoms with Crippen molar-refractivity contribution in [3.8, 4) is 5.88 Å². The number of carbonyl (C=O) groups is 1. The first-order chi connectivity index (χ1) is 17.4. The molecule has 194 valence electrons. The zero-order valence-electron chi connectivity index (χ0n) is 20.8. The molecule has 0 spiro atoms. The Morgan fingerprint density at radius 3 is 2.54 bits per heavy atom. The number of carbonyl (C=O) groups excluding carboxylic acids is 1. The van der Waals surface area contributed by atoms with Crippen LogP contribution >= 0.6 is 11.6 Å². The zero-order valence-corrected chi connectivity index (χ0v) is 21.6. The maximum Gasteiger partial charge on any atom is 0.262 e. The summed E-state index contributed by atoms with van der Waals surface area (Å²) in [5, 5.41) is 22.6. The molecular formula is C25H25ClF2N6O3. The number of aryl methyl sites for hydroxylation is 3. The maximum absolute atomic E-state index is 13.4. The monoisotopic (exact) mass is 530 g/mol. The molecule has 3 heterocycles. The molecule has 0 aliphatic rings. The number of halogens is 3. The molecule has 4 aromatic rings. The highest BCUT2D eigenvalue weighted by atomic mass is 35.5. The zero-order chi connectivity index (χ0) is 27.1. The summed E-state index contributed by atoms with van der Waals surface area (Å²) < 4.78 is 33.4. The number of aromatic nitrogens is 5. The minimum absolute atomic E-state index is 0.0650. The molecule has 0 saturated heterocycles. The molecule has 2 N–H and O–H groups in total. The Hall–Kier alpha value is -3.70. The van der Waals surface area contributed by atoms with Gasteiger partial charge in [-0.15, -0.1) is 5.10 Å². The number of fused-ring (bicyclic) bond motifs is 1. The van der Waals surface area contributed by atoms with E-state index in [9.17, 15) is 18.7 Å². The van der Waals surface area contributed by atoms with Crippen molar-refractivity contribution in [1.29, 1.82) is 0 Å². The molecule has 0 saturated carbocycles. The van der Waals surface area contributed by atoms with Crippen LogP contribution in [0.2, 0.25) is 5.02 Å². The van der Waals surface area contributed by atoms with E-state index in [1.54, 1.807) is 44.3 Å². The van der Waals surface area contributed by atoms with Crippen LogP contribution in [0, 0.1) is 13.8 Å². The summed E-state index contributed by atoms with van der Waals surface area (Å²) >= 11 is 6.65. The molecule has 0 aliphatic heterocycles. The third-order valence-corrected chi connectivity index (χ3v) is 6.38. The van der Waals surface area contributed by atoms with E-state index < -0.39 is 24.0 Å². The second-order valence-electron chi connectivity index (χ2n) is 8.83. The van der Waals surface area contributed by atoms with E-state index in [0.717, 1.165) is 5.69 Å². The topological polar surface area (TPSA) is 115 Å². The molecule has 1 aromatic carbocycles. The van der Waals surface area contributed by atoms with Crippen molar-refractivity contribution < 1.29 is 23.4 Å². The number of nitrogens with zero attached hydrogens (tertiary/aromatic N) is 5. The summed E-state index contributed by atoms with van der Waals surface area (Å²) in [7, 11) is 2.95. The number of rotatable bonds is 7. The van der Waals surface area contributed by atoms with Gasteiger partial charge >= 0.3 is 0 Å². The predicted molar refractivity (Wildman–Crippen MR) is 133 cm³/mol. The molecule has 1 atom stereocenters. The van der Waals surface area contributed by atoms with Crippen molar-refractivity contribution in [2.45, 2.75) is 32.3 Å². The summed E-state index contributed by atoms with van der Waals surface area (Å²) in [6.45, 7) is 3.42. The average molecular weight is 531 g/mol. The number of methoxy groups -OCH3 is 1. The Bertz CT molecular complexity index is 1500. The van der Waals surface area contributed by atoms with Gasteiger partial charge in [-0.3, -0.25) is 9.78 Å². The SMILES string of the molecule is COc1nc2ccc(C(O)(c3ccc(C)nc3C)c3cnnn3C)cc2c(Cl)c1C(=O)NCC(C)(F)F. The first-order valence-corrected chi connectivity index (χ1v) is 11.6. The van der Waals surface area contributed by atoms with Gasteiger partial charge in [0.05, 0.1) is 36.1 Å². The molecule has 4 rings (SSSR count). The number of ether oxygens (including phenoxy) is 1. The fourth-order valence-electron chi connectivity index (χ4n) is 4.22. The van der Waals surface area contributed by atoms with Gasteiger partial charge in [-0.25, -0.2) is 18.4 Å². The van der Waals surface area contributed by atoms with Crippen molar-refractivity contribution in [2.75, 3.05) is 13.7 Å². The normalized spacial score (nSPS) is 13.4. The summed E-state index contributed by atoms with van der Waals surface area (Å²) in [5.41, 5.74) is 1.00. The average Bonchev–Trinajstić information content (AvgIpc) is 3.27. The van der Waals surface area contributed by atoms with Gasteiger partial charge in [-0.1, -0.05) is 28.9 Å². The second kappa shape index (κ2) is 9.64. The molecule has 0 aliphatic carbocycles. The largest absolute Gasteiger partial charge is 0.480 e. The first-order valence-electron chi connectivity index (χ1n) is 11.2. The third-order valence-electron chi connectivity index (χ3n) is 5.99. The van der Waals surface area contributed by atoms with Crippen LogP contribution in [0.4, 0.5) is 8.78 Å². The van der Waals surface area contributed by atoms with Crippen LogP contribution in [-0.4, -0.2) is 55.6 Å². The van der Waals surface area contributed by atoms with Gasteiger partial charge < -0.3 is 15.2 Å². The lowest BCUT2D eigenvalue weighted by molar-refractivity contribution is 0.0220. The highest BCUT2D eigenvalue weighted by Gasteiger charge is 2.39. The summed E-state index contributed by atoms with van der Waals surface area (Å²) in [6, 6.07) is 8.42. The van der Waals surface area contributed by atoms with Crippen molar-refractivity contribution in [2.24, 2.45) is 7.05 Å². The molecule has 0 fully saturated rings. The lowest BCUT2D eigenvalue weighted by Gasteiger charge is -2.30. The molecule has 0 radical (unpaired) electrons. The fraction of sp³-hybridized carbons (Fsp3) is 0.320. The predicted octanol–water partition coefficient (Wildman–Crippen LogP) is 3.71. The summed E-state index contributed by atoms with van der Waals surface area (Å²) in [5.74, 6) is -4.11. The van der Waals surface area contributed by atoms with Gasteiger partial charge in [-0.2, -0.15) is 0 Å². The van der Waals surface area contributed by atoms with E-state index >= 15 is 0 Å². The molecule has 12 heteroatoms.